The molecule has 1 aromatic carbocycles. The number of nitrogens with zero attached hydrogens (tertiary/aromatic N) is 1. The molecule has 0 unspecified atom stereocenters. The zero-order valence-corrected chi connectivity index (χ0v) is 13.4. The van der Waals surface area contributed by atoms with Crippen molar-refractivity contribution in [2.75, 3.05) is 19.6 Å². The molecule has 0 saturated carbocycles. The SMILES string of the molecule is NS(=O)(=O)N1CCC(CNC(=O)CCc2ccccc2)CC1. The lowest BCUT2D eigenvalue weighted by molar-refractivity contribution is -0.121. The second kappa shape index (κ2) is 7.71. The molecule has 3 N–H and O–H groups in total. The summed E-state index contributed by atoms with van der Waals surface area (Å²) in [6.07, 6.45) is 2.67. The molecular formula is C15H23N3O3S. The molecule has 0 atom stereocenters. The maximum absolute atomic E-state index is 11.8. The molecule has 1 heterocycles. The summed E-state index contributed by atoms with van der Waals surface area (Å²) >= 11 is 0. The number of nitrogens with one attached hydrogen (secondary N) is 1. The average Bonchev–Trinajstić information content (AvgIpc) is 2.51. The first-order valence-corrected chi connectivity index (χ1v) is 9.04. The molecule has 1 aliphatic heterocycles. The second-order valence-electron chi connectivity index (χ2n) is 5.68. The van der Waals surface area contributed by atoms with Crippen molar-refractivity contribution >= 4 is 16.1 Å². The fraction of sp³-hybridized carbons (Fsp3) is 0.533. The summed E-state index contributed by atoms with van der Waals surface area (Å²) in [5.74, 6) is 0.358. The highest BCUT2D eigenvalue weighted by atomic mass is 32.2. The van der Waals surface area contributed by atoms with Gasteiger partial charge < -0.3 is 5.32 Å². The summed E-state index contributed by atoms with van der Waals surface area (Å²) in [4.78, 5) is 11.8. The number of rotatable bonds is 6. The predicted octanol–water partition coefficient (Wildman–Crippen LogP) is 0.651. The van der Waals surface area contributed by atoms with Crippen molar-refractivity contribution in [2.45, 2.75) is 25.7 Å². The van der Waals surface area contributed by atoms with E-state index in [0.717, 1.165) is 24.8 Å². The van der Waals surface area contributed by atoms with Crippen LogP contribution in [0, 0.1) is 5.92 Å². The van der Waals surface area contributed by atoms with Gasteiger partial charge in [0.2, 0.25) is 5.91 Å². The minimum atomic E-state index is -3.57. The van der Waals surface area contributed by atoms with Crippen LogP contribution in [0.4, 0.5) is 0 Å². The Morgan fingerprint density at radius 2 is 1.86 bits per heavy atom. The minimum Gasteiger partial charge on any atom is -0.356 e. The van der Waals surface area contributed by atoms with Gasteiger partial charge in [-0.1, -0.05) is 30.3 Å². The van der Waals surface area contributed by atoms with Crippen LogP contribution in [0.15, 0.2) is 30.3 Å². The Morgan fingerprint density at radius 1 is 1.23 bits per heavy atom. The van der Waals surface area contributed by atoms with Crippen LogP contribution in [0.1, 0.15) is 24.8 Å². The third-order valence-electron chi connectivity index (χ3n) is 4.00. The Hall–Kier alpha value is -1.44. The Labute approximate surface area is 131 Å². The summed E-state index contributed by atoms with van der Waals surface area (Å²) in [5, 5.41) is 8.04. The zero-order valence-electron chi connectivity index (χ0n) is 12.6. The van der Waals surface area contributed by atoms with Crippen molar-refractivity contribution in [1.29, 1.82) is 0 Å². The van der Waals surface area contributed by atoms with Gasteiger partial charge in [0, 0.05) is 26.1 Å². The minimum absolute atomic E-state index is 0.0396. The number of amides is 1. The number of benzene rings is 1. The van der Waals surface area contributed by atoms with Gasteiger partial charge in [0.15, 0.2) is 0 Å². The molecule has 0 aromatic heterocycles. The zero-order chi connectivity index (χ0) is 16.0. The summed E-state index contributed by atoms with van der Waals surface area (Å²) in [7, 11) is -3.57. The van der Waals surface area contributed by atoms with Crippen LogP contribution in [-0.2, 0) is 21.4 Å². The van der Waals surface area contributed by atoms with E-state index >= 15 is 0 Å². The molecule has 2 rings (SSSR count). The highest BCUT2D eigenvalue weighted by Crippen LogP contribution is 2.17. The van der Waals surface area contributed by atoms with Crippen molar-refractivity contribution in [3.63, 3.8) is 0 Å². The monoisotopic (exact) mass is 325 g/mol. The van der Waals surface area contributed by atoms with Gasteiger partial charge in [-0.25, -0.2) is 5.14 Å². The van der Waals surface area contributed by atoms with E-state index in [1.807, 2.05) is 30.3 Å². The lowest BCUT2D eigenvalue weighted by Gasteiger charge is -2.29. The molecule has 6 nitrogen and oxygen atoms in total. The third kappa shape index (κ3) is 5.40. The van der Waals surface area contributed by atoms with Crippen LogP contribution in [0.3, 0.4) is 0 Å². The first-order chi connectivity index (χ1) is 10.4. The molecule has 0 spiro atoms. The number of hydrogen-bond acceptors (Lipinski definition) is 3. The number of carbonyl (C=O) groups is 1. The van der Waals surface area contributed by atoms with E-state index in [0.29, 0.717) is 32.0 Å². The molecule has 22 heavy (non-hydrogen) atoms. The molecule has 7 heteroatoms. The molecule has 1 fully saturated rings. The summed E-state index contributed by atoms with van der Waals surface area (Å²) < 4.78 is 23.7. The van der Waals surface area contributed by atoms with Gasteiger partial charge in [0.1, 0.15) is 0 Å². The van der Waals surface area contributed by atoms with Crippen LogP contribution in [0.2, 0.25) is 0 Å². The topological polar surface area (TPSA) is 92.5 Å². The first-order valence-electron chi connectivity index (χ1n) is 7.53. The molecule has 0 aliphatic carbocycles. The van der Waals surface area contributed by atoms with E-state index in [9.17, 15) is 13.2 Å². The number of nitrogens with two attached hydrogens (primary N) is 1. The van der Waals surface area contributed by atoms with Crippen molar-refractivity contribution in [3.05, 3.63) is 35.9 Å². The number of hydrogen-bond donors (Lipinski definition) is 2. The normalized spacial score (nSPS) is 17.3. The van der Waals surface area contributed by atoms with Crippen molar-refractivity contribution in [1.82, 2.24) is 9.62 Å². The number of aryl methyl sites for hydroxylation is 1. The van der Waals surface area contributed by atoms with Crippen LogP contribution >= 0.6 is 0 Å². The molecule has 1 saturated heterocycles. The van der Waals surface area contributed by atoms with Crippen LogP contribution in [-0.4, -0.2) is 38.3 Å². The maximum Gasteiger partial charge on any atom is 0.276 e. The van der Waals surface area contributed by atoms with Gasteiger partial charge >= 0.3 is 0 Å². The van der Waals surface area contributed by atoms with Gasteiger partial charge in [-0.15, -0.1) is 0 Å². The number of carbonyl (C=O) groups excluding carboxylic acids is 1. The summed E-state index contributed by atoms with van der Waals surface area (Å²) in [5.41, 5.74) is 1.15. The van der Waals surface area contributed by atoms with Gasteiger partial charge in [-0.05, 0) is 30.7 Å². The van der Waals surface area contributed by atoms with Gasteiger partial charge in [-0.3, -0.25) is 4.79 Å². The highest BCUT2D eigenvalue weighted by Gasteiger charge is 2.25. The van der Waals surface area contributed by atoms with Crippen LogP contribution in [0.5, 0.6) is 0 Å². The van der Waals surface area contributed by atoms with Crippen LogP contribution < -0.4 is 10.5 Å². The highest BCUT2D eigenvalue weighted by molar-refractivity contribution is 7.86. The van der Waals surface area contributed by atoms with Crippen molar-refractivity contribution < 1.29 is 13.2 Å². The van der Waals surface area contributed by atoms with E-state index in [1.54, 1.807) is 0 Å². The standard InChI is InChI=1S/C15H23N3O3S/c16-22(20,21)18-10-8-14(9-11-18)12-17-15(19)7-6-13-4-2-1-3-5-13/h1-5,14H,6-12H2,(H,17,19)(H2,16,20,21). The average molecular weight is 325 g/mol. The molecule has 1 amide bonds. The largest absolute Gasteiger partial charge is 0.356 e. The second-order valence-corrected chi connectivity index (χ2v) is 7.22. The lowest BCUT2D eigenvalue weighted by Crippen LogP contribution is -2.44. The summed E-state index contributed by atoms with van der Waals surface area (Å²) in [6.45, 7) is 1.47. The van der Waals surface area contributed by atoms with Gasteiger partial charge in [0.05, 0.1) is 0 Å². The fourth-order valence-corrected chi connectivity index (χ4v) is 3.34. The van der Waals surface area contributed by atoms with E-state index < -0.39 is 10.2 Å². The third-order valence-corrected chi connectivity index (χ3v) is 5.09. The summed E-state index contributed by atoms with van der Waals surface area (Å²) in [6, 6.07) is 9.91. The van der Waals surface area contributed by atoms with Crippen LogP contribution in [0.25, 0.3) is 0 Å². The van der Waals surface area contributed by atoms with Crippen molar-refractivity contribution in [2.24, 2.45) is 11.1 Å². The Morgan fingerprint density at radius 3 is 2.45 bits per heavy atom. The maximum atomic E-state index is 11.8. The van der Waals surface area contributed by atoms with Gasteiger partial charge in [0.25, 0.3) is 10.2 Å². The van der Waals surface area contributed by atoms with Gasteiger partial charge in [-0.2, -0.15) is 12.7 Å². The van der Waals surface area contributed by atoms with Crippen molar-refractivity contribution in [3.8, 4) is 0 Å². The molecule has 1 aliphatic rings. The Kier molecular flexibility index (Phi) is 5.93. The molecular weight excluding hydrogens is 302 g/mol. The van der Waals surface area contributed by atoms with E-state index in [-0.39, 0.29) is 5.91 Å². The predicted molar refractivity (Wildman–Crippen MR) is 85.2 cm³/mol. The molecule has 0 bridgehead atoms. The Balaban J connectivity index is 1.65. The Bertz CT molecular complexity index is 581. The smallest absolute Gasteiger partial charge is 0.276 e. The lowest BCUT2D eigenvalue weighted by atomic mass is 9.98. The first kappa shape index (κ1) is 16.9. The van der Waals surface area contributed by atoms with E-state index in [2.05, 4.69) is 5.32 Å². The molecule has 1 aromatic rings. The molecule has 0 radical (unpaired) electrons. The van der Waals surface area contributed by atoms with E-state index in [4.69, 9.17) is 5.14 Å². The quantitative estimate of drug-likeness (QED) is 0.804. The molecule has 122 valence electrons. The number of piperidine rings is 1. The van der Waals surface area contributed by atoms with E-state index in [1.165, 1.54) is 4.31 Å². The fourth-order valence-electron chi connectivity index (χ4n) is 2.62.